The highest BCUT2D eigenvalue weighted by Gasteiger charge is 2.67. The maximum absolute atomic E-state index is 5.61. The summed E-state index contributed by atoms with van der Waals surface area (Å²) in [6, 6.07) is 0. The van der Waals surface area contributed by atoms with Crippen molar-refractivity contribution in [1.29, 1.82) is 0 Å². The Morgan fingerprint density at radius 3 is 2.75 bits per heavy atom. The van der Waals surface area contributed by atoms with E-state index in [1.54, 1.807) is 0 Å². The van der Waals surface area contributed by atoms with Crippen LogP contribution in [0.3, 0.4) is 0 Å². The van der Waals surface area contributed by atoms with E-state index < -0.39 is 0 Å². The molecule has 1 aromatic heterocycles. The lowest BCUT2D eigenvalue weighted by Gasteiger charge is -2.20. The fraction of sp³-hybridized carbons (Fsp3) is 0.875. The van der Waals surface area contributed by atoms with Gasteiger partial charge in [0.05, 0.1) is 0 Å². The molecule has 1 N–H and O–H groups in total. The molecule has 2 heterocycles. The molecule has 5 rings (SSSR count). The molecule has 20 heavy (non-hydrogen) atoms. The lowest BCUT2D eigenvalue weighted by atomic mass is 9.96. The van der Waals surface area contributed by atoms with E-state index in [2.05, 4.69) is 10.5 Å². The molecule has 3 saturated carbocycles. The first-order chi connectivity index (χ1) is 9.90. The van der Waals surface area contributed by atoms with Gasteiger partial charge in [0, 0.05) is 12.3 Å². The van der Waals surface area contributed by atoms with Crippen LogP contribution in [-0.2, 0) is 6.42 Å². The Morgan fingerprint density at radius 2 is 2.00 bits per heavy atom. The third-order valence-electron chi connectivity index (χ3n) is 6.37. The standard InChI is InChI=1S/C16H23N3O/c1-2-9(8-17-5-1)6-12-18-16(20-19-12)15-13-10-3-4-11(7-10)14(13)15/h9-11,13-15,17H,1-8H2. The summed E-state index contributed by atoms with van der Waals surface area (Å²) in [5, 5.41) is 7.72. The van der Waals surface area contributed by atoms with Crippen molar-refractivity contribution in [3.63, 3.8) is 0 Å². The number of nitrogens with zero attached hydrogens (tertiary/aromatic N) is 2. The highest BCUT2D eigenvalue weighted by molar-refractivity contribution is 5.22. The molecule has 2 bridgehead atoms. The highest BCUT2D eigenvalue weighted by atomic mass is 16.5. The first-order valence-electron chi connectivity index (χ1n) is 8.43. The molecule has 1 saturated heterocycles. The molecule has 4 heteroatoms. The van der Waals surface area contributed by atoms with Crippen molar-refractivity contribution < 1.29 is 4.52 Å². The van der Waals surface area contributed by atoms with E-state index in [9.17, 15) is 0 Å². The monoisotopic (exact) mass is 273 g/mol. The van der Waals surface area contributed by atoms with Crippen LogP contribution >= 0.6 is 0 Å². The number of rotatable bonds is 3. The van der Waals surface area contributed by atoms with Gasteiger partial charge in [-0.2, -0.15) is 4.98 Å². The van der Waals surface area contributed by atoms with E-state index >= 15 is 0 Å². The zero-order chi connectivity index (χ0) is 13.1. The molecule has 3 aliphatic carbocycles. The summed E-state index contributed by atoms with van der Waals surface area (Å²) in [6.45, 7) is 2.28. The van der Waals surface area contributed by atoms with Crippen LogP contribution in [-0.4, -0.2) is 23.2 Å². The Hall–Kier alpha value is -0.900. The Bertz CT molecular complexity index is 492. The van der Waals surface area contributed by atoms with Crippen molar-refractivity contribution in [2.24, 2.45) is 29.6 Å². The van der Waals surface area contributed by atoms with Crippen LogP contribution in [0, 0.1) is 29.6 Å². The van der Waals surface area contributed by atoms with E-state index in [4.69, 9.17) is 9.51 Å². The highest BCUT2D eigenvalue weighted by Crippen LogP contribution is 2.72. The summed E-state index contributed by atoms with van der Waals surface area (Å²) in [5.74, 6) is 7.01. The first kappa shape index (κ1) is 11.7. The number of hydrogen-bond acceptors (Lipinski definition) is 4. The molecule has 5 unspecified atom stereocenters. The molecule has 1 aromatic rings. The predicted octanol–water partition coefficient (Wildman–Crippen LogP) is 2.37. The average Bonchev–Trinajstić information content (AvgIpc) is 2.87. The molecule has 0 amide bonds. The molecule has 0 spiro atoms. The summed E-state index contributed by atoms with van der Waals surface area (Å²) < 4.78 is 5.61. The molecular weight excluding hydrogens is 250 g/mol. The van der Waals surface area contributed by atoms with Gasteiger partial charge in [-0.3, -0.25) is 0 Å². The maximum Gasteiger partial charge on any atom is 0.230 e. The van der Waals surface area contributed by atoms with Gasteiger partial charge in [-0.25, -0.2) is 0 Å². The minimum absolute atomic E-state index is 0.631. The van der Waals surface area contributed by atoms with E-state index in [-0.39, 0.29) is 0 Å². The van der Waals surface area contributed by atoms with Crippen LogP contribution in [0.15, 0.2) is 4.52 Å². The third kappa shape index (κ3) is 1.70. The van der Waals surface area contributed by atoms with Gasteiger partial charge in [0.15, 0.2) is 5.82 Å². The number of nitrogens with one attached hydrogen (secondary N) is 1. The normalized spacial score (nSPS) is 45.6. The Labute approximate surface area is 119 Å². The number of hydrogen-bond donors (Lipinski definition) is 1. The van der Waals surface area contributed by atoms with Crippen molar-refractivity contribution in [2.45, 2.75) is 44.4 Å². The minimum Gasteiger partial charge on any atom is -0.339 e. The van der Waals surface area contributed by atoms with Crippen LogP contribution in [0.5, 0.6) is 0 Å². The Morgan fingerprint density at radius 1 is 1.15 bits per heavy atom. The quantitative estimate of drug-likeness (QED) is 0.918. The molecular formula is C16H23N3O. The van der Waals surface area contributed by atoms with Crippen molar-refractivity contribution in [1.82, 2.24) is 15.5 Å². The summed E-state index contributed by atoms with van der Waals surface area (Å²) in [7, 11) is 0. The van der Waals surface area contributed by atoms with Gasteiger partial charge >= 0.3 is 0 Å². The summed E-state index contributed by atoms with van der Waals surface area (Å²) >= 11 is 0. The Balaban J connectivity index is 1.27. The number of piperidine rings is 1. The maximum atomic E-state index is 5.61. The second-order valence-electron chi connectivity index (χ2n) is 7.48. The van der Waals surface area contributed by atoms with Crippen LogP contribution in [0.4, 0.5) is 0 Å². The summed E-state index contributed by atoms with van der Waals surface area (Å²) in [6.07, 6.45) is 7.97. The molecule has 5 atom stereocenters. The fourth-order valence-corrected chi connectivity index (χ4v) is 5.50. The van der Waals surface area contributed by atoms with Crippen LogP contribution in [0.1, 0.15) is 49.7 Å². The topological polar surface area (TPSA) is 51.0 Å². The fourth-order valence-electron chi connectivity index (χ4n) is 5.50. The third-order valence-corrected chi connectivity index (χ3v) is 6.37. The number of fused-ring (bicyclic) bond motifs is 5. The zero-order valence-corrected chi connectivity index (χ0v) is 11.9. The van der Waals surface area contributed by atoms with E-state index in [1.165, 1.54) is 38.6 Å². The predicted molar refractivity (Wildman–Crippen MR) is 74.1 cm³/mol. The molecule has 4 nitrogen and oxygen atoms in total. The second-order valence-corrected chi connectivity index (χ2v) is 7.48. The molecule has 0 aromatic carbocycles. The van der Waals surface area contributed by atoms with Gasteiger partial charge in [-0.15, -0.1) is 0 Å². The lowest BCUT2D eigenvalue weighted by Crippen LogP contribution is -2.31. The largest absolute Gasteiger partial charge is 0.339 e. The molecule has 108 valence electrons. The lowest BCUT2D eigenvalue weighted by molar-refractivity contribution is 0.340. The zero-order valence-electron chi connectivity index (χ0n) is 11.9. The summed E-state index contributed by atoms with van der Waals surface area (Å²) in [5.41, 5.74) is 0. The van der Waals surface area contributed by atoms with Gasteiger partial charge < -0.3 is 9.84 Å². The van der Waals surface area contributed by atoms with Crippen molar-refractivity contribution >= 4 is 0 Å². The molecule has 0 radical (unpaired) electrons. The van der Waals surface area contributed by atoms with Gasteiger partial charge in [0.2, 0.25) is 5.89 Å². The summed E-state index contributed by atoms with van der Waals surface area (Å²) in [4.78, 5) is 4.74. The van der Waals surface area contributed by atoms with Crippen molar-refractivity contribution in [3.05, 3.63) is 11.7 Å². The molecule has 4 aliphatic rings. The smallest absolute Gasteiger partial charge is 0.230 e. The van der Waals surface area contributed by atoms with Crippen LogP contribution in [0.25, 0.3) is 0 Å². The van der Waals surface area contributed by atoms with Gasteiger partial charge in [0.1, 0.15) is 0 Å². The van der Waals surface area contributed by atoms with Gasteiger partial charge in [-0.05, 0) is 74.8 Å². The Kier molecular flexibility index (Phi) is 2.52. The molecule has 4 fully saturated rings. The van der Waals surface area contributed by atoms with E-state index in [0.29, 0.717) is 11.8 Å². The first-order valence-corrected chi connectivity index (χ1v) is 8.43. The van der Waals surface area contributed by atoms with Gasteiger partial charge in [0.25, 0.3) is 0 Å². The second kappa shape index (κ2) is 4.30. The van der Waals surface area contributed by atoms with Crippen molar-refractivity contribution in [3.8, 4) is 0 Å². The number of aromatic nitrogens is 2. The van der Waals surface area contributed by atoms with Gasteiger partial charge in [-0.1, -0.05) is 5.16 Å². The average molecular weight is 273 g/mol. The van der Waals surface area contributed by atoms with E-state index in [1.807, 2.05) is 0 Å². The van der Waals surface area contributed by atoms with Crippen molar-refractivity contribution in [2.75, 3.05) is 13.1 Å². The SMILES string of the molecule is C1CNCC(Cc2noc(C3C4C5CCC(C5)C34)n2)C1. The van der Waals surface area contributed by atoms with Crippen LogP contribution in [0.2, 0.25) is 0 Å². The van der Waals surface area contributed by atoms with Crippen LogP contribution < -0.4 is 5.32 Å². The van der Waals surface area contributed by atoms with E-state index in [0.717, 1.165) is 48.4 Å². The molecule has 1 aliphatic heterocycles. The minimum atomic E-state index is 0.631.